The Balaban J connectivity index is 2.36. The van der Waals surface area contributed by atoms with Gasteiger partial charge in [-0.3, -0.25) is 0 Å². The van der Waals surface area contributed by atoms with E-state index in [1.165, 1.54) is 0 Å². The summed E-state index contributed by atoms with van der Waals surface area (Å²) in [5, 5.41) is 12.3. The number of aliphatic hydroxyl groups is 1. The lowest BCUT2D eigenvalue weighted by Crippen LogP contribution is -2.59. The maximum atomic E-state index is 8.70. The van der Waals surface area contributed by atoms with Crippen molar-refractivity contribution in [2.24, 2.45) is 0 Å². The standard InChI is InChI=1S/C13H27NO2/c1-12(2)9-11(10-13(3,4)14-12)16-8-6-5-7-15/h11,14-15H,5-10H2,1-4H3. The molecule has 2 N–H and O–H groups in total. The van der Waals surface area contributed by atoms with Crippen LogP contribution >= 0.6 is 0 Å². The molecule has 1 fully saturated rings. The van der Waals surface area contributed by atoms with Gasteiger partial charge in [-0.05, 0) is 53.4 Å². The first kappa shape index (κ1) is 13.9. The lowest BCUT2D eigenvalue weighted by Gasteiger charge is -2.46. The monoisotopic (exact) mass is 229 g/mol. The summed E-state index contributed by atoms with van der Waals surface area (Å²) in [6.07, 6.45) is 4.29. The van der Waals surface area contributed by atoms with Crippen LogP contribution in [0, 0.1) is 0 Å². The van der Waals surface area contributed by atoms with Crippen LogP contribution < -0.4 is 5.32 Å². The van der Waals surface area contributed by atoms with Crippen molar-refractivity contribution < 1.29 is 9.84 Å². The molecule has 0 radical (unpaired) electrons. The minimum absolute atomic E-state index is 0.156. The minimum atomic E-state index is 0.156. The van der Waals surface area contributed by atoms with Crippen LogP contribution in [0.3, 0.4) is 0 Å². The Hall–Kier alpha value is -0.120. The van der Waals surface area contributed by atoms with Crippen molar-refractivity contribution >= 4 is 0 Å². The first-order valence-electron chi connectivity index (χ1n) is 6.36. The number of hydrogen-bond acceptors (Lipinski definition) is 3. The van der Waals surface area contributed by atoms with Gasteiger partial charge in [0.05, 0.1) is 6.10 Å². The lowest BCUT2D eigenvalue weighted by molar-refractivity contribution is -0.0235. The second-order valence-electron chi connectivity index (χ2n) is 6.22. The van der Waals surface area contributed by atoms with Gasteiger partial charge in [-0.15, -0.1) is 0 Å². The zero-order chi connectivity index (χ0) is 12.2. The van der Waals surface area contributed by atoms with Crippen LogP contribution in [0.4, 0.5) is 0 Å². The second kappa shape index (κ2) is 5.48. The van der Waals surface area contributed by atoms with E-state index >= 15 is 0 Å². The minimum Gasteiger partial charge on any atom is -0.396 e. The molecule has 1 rings (SSSR count). The molecule has 3 heteroatoms. The Morgan fingerprint density at radius 3 is 2.19 bits per heavy atom. The number of unbranched alkanes of at least 4 members (excludes halogenated alkanes) is 1. The van der Waals surface area contributed by atoms with Gasteiger partial charge >= 0.3 is 0 Å². The van der Waals surface area contributed by atoms with Gasteiger partial charge in [0, 0.05) is 24.3 Å². The fraction of sp³-hybridized carbons (Fsp3) is 1.00. The van der Waals surface area contributed by atoms with E-state index in [4.69, 9.17) is 9.84 Å². The molecule has 0 aliphatic carbocycles. The lowest BCUT2D eigenvalue weighted by atomic mass is 9.81. The highest BCUT2D eigenvalue weighted by molar-refractivity contribution is 4.97. The zero-order valence-electron chi connectivity index (χ0n) is 11.2. The fourth-order valence-electron chi connectivity index (χ4n) is 2.81. The Kier molecular flexibility index (Phi) is 4.77. The summed E-state index contributed by atoms with van der Waals surface area (Å²) in [5.74, 6) is 0. The molecule has 1 aliphatic rings. The number of nitrogens with one attached hydrogen (secondary N) is 1. The van der Waals surface area contributed by atoms with E-state index in [-0.39, 0.29) is 17.7 Å². The maximum absolute atomic E-state index is 8.70. The Morgan fingerprint density at radius 1 is 1.12 bits per heavy atom. The number of aliphatic hydroxyl groups excluding tert-OH is 1. The van der Waals surface area contributed by atoms with Crippen LogP contribution in [0.5, 0.6) is 0 Å². The quantitative estimate of drug-likeness (QED) is 0.709. The molecule has 0 bridgehead atoms. The third-order valence-electron chi connectivity index (χ3n) is 3.06. The Bertz CT molecular complexity index is 198. The van der Waals surface area contributed by atoms with E-state index in [0.717, 1.165) is 32.3 Å². The molecule has 16 heavy (non-hydrogen) atoms. The summed E-state index contributed by atoms with van der Waals surface area (Å²) in [4.78, 5) is 0. The highest BCUT2D eigenvalue weighted by atomic mass is 16.5. The van der Waals surface area contributed by atoms with Crippen molar-refractivity contribution in [2.75, 3.05) is 13.2 Å². The van der Waals surface area contributed by atoms with Gasteiger partial charge in [0.15, 0.2) is 0 Å². The number of ether oxygens (including phenoxy) is 1. The van der Waals surface area contributed by atoms with Gasteiger partial charge in [-0.25, -0.2) is 0 Å². The van der Waals surface area contributed by atoms with Gasteiger partial charge in [0.2, 0.25) is 0 Å². The number of rotatable bonds is 5. The average Bonchev–Trinajstić information content (AvgIpc) is 2.07. The Labute approximate surface area is 99.6 Å². The topological polar surface area (TPSA) is 41.5 Å². The highest BCUT2D eigenvalue weighted by Crippen LogP contribution is 2.30. The molecule has 0 aromatic heterocycles. The summed E-state index contributed by atoms with van der Waals surface area (Å²) in [6.45, 7) is 9.98. The fourth-order valence-corrected chi connectivity index (χ4v) is 2.81. The molecule has 0 aromatic rings. The maximum Gasteiger partial charge on any atom is 0.0609 e. The van der Waals surface area contributed by atoms with Crippen molar-refractivity contribution in [3.05, 3.63) is 0 Å². The predicted octanol–water partition coefficient (Wildman–Crippen LogP) is 2.08. The number of piperidine rings is 1. The molecule has 0 amide bonds. The summed E-state index contributed by atoms with van der Waals surface area (Å²) in [5.41, 5.74) is 0.312. The van der Waals surface area contributed by atoms with Crippen LogP contribution in [0.15, 0.2) is 0 Å². The molecule has 0 unspecified atom stereocenters. The highest BCUT2D eigenvalue weighted by Gasteiger charge is 2.37. The molecule has 96 valence electrons. The smallest absolute Gasteiger partial charge is 0.0609 e. The van der Waals surface area contributed by atoms with E-state index < -0.39 is 0 Å². The Morgan fingerprint density at radius 2 is 1.69 bits per heavy atom. The summed E-state index contributed by atoms with van der Waals surface area (Å²) in [7, 11) is 0. The SMILES string of the molecule is CC1(C)CC(OCCCCO)CC(C)(C)N1. The van der Waals surface area contributed by atoms with Gasteiger partial charge in [0.25, 0.3) is 0 Å². The molecule has 1 saturated heterocycles. The zero-order valence-corrected chi connectivity index (χ0v) is 11.2. The first-order chi connectivity index (χ1) is 7.35. The third kappa shape index (κ3) is 4.81. The van der Waals surface area contributed by atoms with E-state index in [1.54, 1.807) is 0 Å². The van der Waals surface area contributed by atoms with Crippen LogP contribution in [0.1, 0.15) is 53.4 Å². The molecule has 0 aromatic carbocycles. The van der Waals surface area contributed by atoms with E-state index in [9.17, 15) is 0 Å². The van der Waals surface area contributed by atoms with Crippen LogP contribution in [0.25, 0.3) is 0 Å². The number of hydrogen-bond donors (Lipinski definition) is 2. The molecular formula is C13H27NO2. The predicted molar refractivity (Wildman–Crippen MR) is 66.6 cm³/mol. The normalized spacial score (nSPS) is 24.6. The van der Waals surface area contributed by atoms with E-state index in [0.29, 0.717) is 6.10 Å². The summed E-state index contributed by atoms with van der Waals surface area (Å²) >= 11 is 0. The molecule has 3 nitrogen and oxygen atoms in total. The van der Waals surface area contributed by atoms with Crippen molar-refractivity contribution in [1.82, 2.24) is 5.32 Å². The van der Waals surface area contributed by atoms with E-state index in [1.807, 2.05) is 0 Å². The average molecular weight is 229 g/mol. The molecule has 0 spiro atoms. The van der Waals surface area contributed by atoms with Crippen LogP contribution in [-0.2, 0) is 4.74 Å². The van der Waals surface area contributed by atoms with Gasteiger partial charge < -0.3 is 15.2 Å². The summed E-state index contributed by atoms with van der Waals surface area (Å²) < 4.78 is 5.91. The van der Waals surface area contributed by atoms with Gasteiger partial charge in [-0.1, -0.05) is 0 Å². The van der Waals surface area contributed by atoms with Crippen molar-refractivity contribution in [1.29, 1.82) is 0 Å². The van der Waals surface area contributed by atoms with Gasteiger partial charge in [-0.2, -0.15) is 0 Å². The van der Waals surface area contributed by atoms with Gasteiger partial charge in [0.1, 0.15) is 0 Å². The molecule has 1 aliphatic heterocycles. The second-order valence-corrected chi connectivity index (χ2v) is 6.22. The van der Waals surface area contributed by atoms with Crippen LogP contribution in [-0.4, -0.2) is 35.5 Å². The van der Waals surface area contributed by atoms with Crippen LogP contribution in [0.2, 0.25) is 0 Å². The first-order valence-corrected chi connectivity index (χ1v) is 6.36. The molecule has 0 atom stereocenters. The van der Waals surface area contributed by atoms with Crippen molar-refractivity contribution in [3.8, 4) is 0 Å². The summed E-state index contributed by atoms with van der Waals surface area (Å²) in [6, 6.07) is 0. The largest absolute Gasteiger partial charge is 0.396 e. The molecule has 1 heterocycles. The van der Waals surface area contributed by atoms with Crippen molar-refractivity contribution in [2.45, 2.75) is 70.6 Å². The molecule has 0 saturated carbocycles. The third-order valence-corrected chi connectivity index (χ3v) is 3.06. The molecular weight excluding hydrogens is 202 g/mol. The van der Waals surface area contributed by atoms with E-state index in [2.05, 4.69) is 33.0 Å². The van der Waals surface area contributed by atoms with Crippen molar-refractivity contribution in [3.63, 3.8) is 0 Å².